The second kappa shape index (κ2) is 3.42. The standard InChI is InChI=1S/C10H9ClN2O/c1-7-8(6-11)12-9-4-2-3-5-13(9)10(7)14/h2-5H,6H2,1H3. The molecule has 2 heterocycles. The lowest BCUT2D eigenvalue weighted by Gasteiger charge is -2.04. The minimum atomic E-state index is -0.0498. The monoisotopic (exact) mass is 208 g/mol. The van der Waals surface area contributed by atoms with Crippen LogP contribution >= 0.6 is 11.6 Å². The van der Waals surface area contributed by atoms with E-state index >= 15 is 0 Å². The van der Waals surface area contributed by atoms with Gasteiger partial charge in [-0.25, -0.2) is 4.98 Å². The summed E-state index contributed by atoms with van der Waals surface area (Å²) in [5.41, 5.74) is 1.86. The Labute approximate surface area is 86.0 Å². The van der Waals surface area contributed by atoms with Gasteiger partial charge >= 0.3 is 0 Å². The molecule has 0 aliphatic heterocycles. The molecular weight excluding hydrogens is 200 g/mol. The van der Waals surface area contributed by atoms with Crippen LogP contribution in [0.2, 0.25) is 0 Å². The summed E-state index contributed by atoms with van der Waals surface area (Å²) in [6, 6.07) is 5.43. The van der Waals surface area contributed by atoms with Crippen molar-refractivity contribution < 1.29 is 0 Å². The van der Waals surface area contributed by atoms with Crippen molar-refractivity contribution in [3.05, 3.63) is 46.0 Å². The van der Waals surface area contributed by atoms with Gasteiger partial charge in [0.05, 0.1) is 11.6 Å². The third kappa shape index (κ3) is 1.30. The first kappa shape index (κ1) is 9.21. The van der Waals surface area contributed by atoms with Crippen LogP contribution in [0.4, 0.5) is 0 Å². The maximum Gasteiger partial charge on any atom is 0.261 e. The fourth-order valence-electron chi connectivity index (χ4n) is 1.35. The largest absolute Gasteiger partial charge is 0.269 e. The number of aromatic nitrogens is 2. The van der Waals surface area contributed by atoms with Crippen molar-refractivity contribution in [2.24, 2.45) is 0 Å². The predicted octanol–water partition coefficient (Wildman–Crippen LogP) is 1.74. The first-order valence-electron chi connectivity index (χ1n) is 4.27. The van der Waals surface area contributed by atoms with Crippen molar-refractivity contribution in [3.63, 3.8) is 0 Å². The first-order chi connectivity index (χ1) is 6.74. The van der Waals surface area contributed by atoms with E-state index in [-0.39, 0.29) is 11.4 Å². The molecule has 0 atom stereocenters. The number of halogens is 1. The molecule has 0 bridgehead atoms. The molecule has 0 saturated heterocycles. The van der Waals surface area contributed by atoms with Crippen molar-refractivity contribution >= 4 is 17.2 Å². The van der Waals surface area contributed by atoms with Crippen molar-refractivity contribution in [2.45, 2.75) is 12.8 Å². The summed E-state index contributed by atoms with van der Waals surface area (Å²) in [5.74, 6) is 0.270. The molecular formula is C10H9ClN2O. The number of pyridine rings is 1. The Morgan fingerprint density at radius 1 is 1.50 bits per heavy atom. The van der Waals surface area contributed by atoms with Gasteiger partial charge in [-0.05, 0) is 19.1 Å². The van der Waals surface area contributed by atoms with Crippen LogP contribution < -0.4 is 5.56 Å². The molecule has 2 aromatic heterocycles. The fraction of sp³-hybridized carbons (Fsp3) is 0.200. The van der Waals surface area contributed by atoms with Crippen molar-refractivity contribution in [2.75, 3.05) is 0 Å². The van der Waals surface area contributed by atoms with Crippen LogP contribution in [0, 0.1) is 6.92 Å². The SMILES string of the molecule is Cc1c(CCl)nc2ccccn2c1=O. The number of alkyl halides is 1. The lowest BCUT2D eigenvalue weighted by molar-refractivity contribution is 0.976. The predicted molar refractivity (Wildman–Crippen MR) is 55.8 cm³/mol. The topological polar surface area (TPSA) is 34.4 Å². The summed E-state index contributed by atoms with van der Waals surface area (Å²) in [4.78, 5) is 16.1. The third-order valence-corrected chi connectivity index (χ3v) is 2.44. The molecule has 2 aromatic rings. The smallest absolute Gasteiger partial charge is 0.261 e. The van der Waals surface area contributed by atoms with E-state index in [1.54, 1.807) is 25.3 Å². The highest BCUT2D eigenvalue weighted by molar-refractivity contribution is 6.17. The van der Waals surface area contributed by atoms with Crippen LogP contribution in [0.1, 0.15) is 11.3 Å². The molecule has 0 radical (unpaired) electrons. The number of fused-ring (bicyclic) bond motifs is 1. The Bertz CT molecular complexity index is 533. The van der Waals surface area contributed by atoms with Gasteiger partial charge in [-0.2, -0.15) is 0 Å². The molecule has 0 fully saturated rings. The Hall–Kier alpha value is -1.35. The molecule has 0 saturated carbocycles. The lowest BCUT2D eigenvalue weighted by Crippen LogP contribution is -2.19. The highest BCUT2D eigenvalue weighted by atomic mass is 35.5. The van der Waals surface area contributed by atoms with Gasteiger partial charge in [0.1, 0.15) is 5.65 Å². The van der Waals surface area contributed by atoms with E-state index in [4.69, 9.17) is 11.6 Å². The molecule has 3 nitrogen and oxygen atoms in total. The zero-order valence-corrected chi connectivity index (χ0v) is 8.45. The number of hydrogen-bond donors (Lipinski definition) is 0. The summed E-state index contributed by atoms with van der Waals surface area (Å²) in [6.45, 7) is 1.74. The quantitative estimate of drug-likeness (QED) is 0.669. The van der Waals surface area contributed by atoms with Gasteiger partial charge < -0.3 is 0 Å². The van der Waals surface area contributed by atoms with Gasteiger partial charge in [-0.1, -0.05) is 6.07 Å². The third-order valence-electron chi connectivity index (χ3n) is 2.19. The van der Waals surface area contributed by atoms with Crippen LogP contribution in [-0.2, 0) is 5.88 Å². The van der Waals surface area contributed by atoms with Crippen LogP contribution in [0.25, 0.3) is 5.65 Å². The van der Waals surface area contributed by atoms with Gasteiger partial charge in [0, 0.05) is 11.8 Å². The summed E-state index contributed by atoms with van der Waals surface area (Å²) in [7, 11) is 0. The van der Waals surface area contributed by atoms with E-state index in [1.807, 2.05) is 6.07 Å². The zero-order valence-electron chi connectivity index (χ0n) is 7.70. The molecule has 0 aliphatic carbocycles. The molecule has 0 aromatic carbocycles. The molecule has 72 valence electrons. The molecule has 0 amide bonds. The van der Waals surface area contributed by atoms with Crippen LogP contribution in [0.3, 0.4) is 0 Å². The number of nitrogens with zero attached hydrogens (tertiary/aromatic N) is 2. The second-order valence-electron chi connectivity index (χ2n) is 3.05. The van der Waals surface area contributed by atoms with E-state index in [2.05, 4.69) is 4.98 Å². The molecule has 0 N–H and O–H groups in total. The van der Waals surface area contributed by atoms with Crippen molar-refractivity contribution in [3.8, 4) is 0 Å². The average Bonchev–Trinajstić information content (AvgIpc) is 2.23. The summed E-state index contributed by atoms with van der Waals surface area (Å²) in [5, 5.41) is 0. The Kier molecular flexibility index (Phi) is 2.25. The highest BCUT2D eigenvalue weighted by Gasteiger charge is 2.06. The minimum absolute atomic E-state index is 0.0498. The molecule has 2 rings (SSSR count). The van der Waals surface area contributed by atoms with Crippen molar-refractivity contribution in [1.29, 1.82) is 0 Å². The maximum absolute atomic E-state index is 11.8. The Morgan fingerprint density at radius 2 is 2.29 bits per heavy atom. The van der Waals surface area contributed by atoms with Crippen molar-refractivity contribution in [1.82, 2.24) is 9.38 Å². The molecule has 0 spiro atoms. The van der Waals surface area contributed by atoms with E-state index < -0.39 is 0 Å². The van der Waals surface area contributed by atoms with E-state index in [1.165, 1.54) is 4.40 Å². The molecule has 4 heteroatoms. The van der Waals surface area contributed by atoms with E-state index in [0.29, 0.717) is 16.9 Å². The van der Waals surface area contributed by atoms with Crippen LogP contribution in [-0.4, -0.2) is 9.38 Å². The second-order valence-corrected chi connectivity index (χ2v) is 3.32. The summed E-state index contributed by atoms with van der Waals surface area (Å²) < 4.78 is 1.52. The molecule has 0 aliphatic rings. The maximum atomic E-state index is 11.8. The van der Waals surface area contributed by atoms with Gasteiger partial charge in [-0.3, -0.25) is 9.20 Å². The average molecular weight is 209 g/mol. The zero-order chi connectivity index (χ0) is 10.1. The van der Waals surface area contributed by atoms with Gasteiger partial charge in [0.2, 0.25) is 0 Å². The first-order valence-corrected chi connectivity index (χ1v) is 4.80. The number of hydrogen-bond acceptors (Lipinski definition) is 2. The van der Waals surface area contributed by atoms with Gasteiger partial charge in [0.25, 0.3) is 5.56 Å². The summed E-state index contributed by atoms with van der Waals surface area (Å²) in [6.07, 6.45) is 1.70. The number of rotatable bonds is 1. The molecule has 0 unspecified atom stereocenters. The van der Waals surface area contributed by atoms with Gasteiger partial charge in [0.15, 0.2) is 0 Å². The summed E-state index contributed by atoms with van der Waals surface area (Å²) >= 11 is 5.69. The normalized spacial score (nSPS) is 10.7. The van der Waals surface area contributed by atoms with E-state index in [0.717, 1.165) is 0 Å². The fourth-order valence-corrected chi connectivity index (χ4v) is 1.61. The highest BCUT2D eigenvalue weighted by Crippen LogP contribution is 2.05. The Morgan fingerprint density at radius 3 is 3.00 bits per heavy atom. The van der Waals surface area contributed by atoms with Gasteiger partial charge in [-0.15, -0.1) is 11.6 Å². The lowest BCUT2D eigenvalue weighted by atomic mass is 10.2. The molecule has 14 heavy (non-hydrogen) atoms. The minimum Gasteiger partial charge on any atom is -0.269 e. The van der Waals surface area contributed by atoms with Crippen LogP contribution in [0.15, 0.2) is 29.2 Å². The van der Waals surface area contributed by atoms with Crippen LogP contribution in [0.5, 0.6) is 0 Å². The van der Waals surface area contributed by atoms with E-state index in [9.17, 15) is 4.79 Å². The Balaban J connectivity index is 2.92.